The van der Waals surface area contributed by atoms with E-state index in [0.717, 1.165) is 23.4 Å². The molecule has 0 aliphatic carbocycles. The summed E-state index contributed by atoms with van der Waals surface area (Å²) < 4.78 is 10.2. The minimum Gasteiger partial charge on any atom is -0.497 e. The Balaban J connectivity index is 1.45. The smallest absolute Gasteiger partial charge is 0.306 e. The first-order chi connectivity index (χ1) is 13.6. The normalized spacial score (nSPS) is 13.5. The molecule has 0 saturated carbocycles. The van der Waals surface area contributed by atoms with E-state index in [1.807, 2.05) is 24.3 Å². The number of amides is 1. The highest BCUT2D eigenvalue weighted by molar-refractivity contribution is 5.99. The third-order valence-corrected chi connectivity index (χ3v) is 4.72. The van der Waals surface area contributed by atoms with Gasteiger partial charge in [-0.3, -0.25) is 14.4 Å². The van der Waals surface area contributed by atoms with Crippen molar-refractivity contribution in [3.8, 4) is 5.75 Å². The Morgan fingerprint density at radius 2 is 1.75 bits per heavy atom. The number of anilines is 1. The SMILES string of the molecule is COc1ccc(CCC(=O)OCC(=O)c2ccc(N3CCCC3=O)cc2)cc1. The molecular weight excluding hydrogens is 358 g/mol. The minimum atomic E-state index is -0.413. The third-order valence-electron chi connectivity index (χ3n) is 4.72. The Morgan fingerprint density at radius 3 is 2.36 bits per heavy atom. The van der Waals surface area contributed by atoms with E-state index in [0.29, 0.717) is 24.9 Å². The predicted molar refractivity (Wildman–Crippen MR) is 105 cm³/mol. The highest BCUT2D eigenvalue weighted by Crippen LogP contribution is 2.21. The van der Waals surface area contributed by atoms with E-state index < -0.39 is 5.97 Å². The molecule has 0 spiro atoms. The van der Waals surface area contributed by atoms with E-state index >= 15 is 0 Å². The Hall–Kier alpha value is -3.15. The number of ether oxygens (including phenoxy) is 2. The van der Waals surface area contributed by atoms with E-state index in [2.05, 4.69) is 0 Å². The molecule has 6 heteroatoms. The first-order valence-corrected chi connectivity index (χ1v) is 9.29. The molecule has 0 aromatic heterocycles. The van der Waals surface area contributed by atoms with Crippen LogP contribution in [0.5, 0.6) is 5.75 Å². The quantitative estimate of drug-likeness (QED) is 0.519. The second kappa shape index (κ2) is 9.17. The molecule has 0 radical (unpaired) electrons. The first kappa shape index (κ1) is 19.6. The average molecular weight is 381 g/mol. The van der Waals surface area contributed by atoms with Crippen LogP contribution in [0.25, 0.3) is 0 Å². The van der Waals surface area contributed by atoms with Crippen LogP contribution in [0.3, 0.4) is 0 Å². The predicted octanol–water partition coefficient (Wildman–Crippen LogP) is 3.18. The fourth-order valence-electron chi connectivity index (χ4n) is 3.09. The molecule has 0 atom stereocenters. The summed E-state index contributed by atoms with van der Waals surface area (Å²) in [5.41, 5.74) is 2.24. The van der Waals surface area contributed by atoms with Gasteiger partial charge in [-0.15, -0.1) is 0 Å². The molecule has 2 aromatic rings. The van der Waals surface area contributed by atoms with Crippen LogP contribution in [0, 0.1) is 0 Å². The lowest BCUT2D eigenvalue weighted by molar-refractivity contribution is -0.142. The van der Waals surface area contributed by atoms with E-state index in [4.69, 9.17) is 9.47 Å². The van der Waals surface area contributed by atoms with Crippen molar-refractivity contribution in [1.29, 1.82) is 0 Å². The van der Waals surface area contributed by atoms with Crippen molar-refractivity contribution in [2.24, 2.45) is 0 Å². The molecular formula is C22H23NO5. The van der Waals surface area contributed by atoms with Gasteiger partial charge >= 0.3 is 5.97 Å². The number of Topliss-reactive ketones (excluding diaryl/α,β-unsaturated/α-hetero) is 1. The topological polar surface area (TPSA) is 72.9 Å². The van der Waals surface area contributed by atoms with Gasteiger partial charge in [-0.1, -0.05) is 12.1 Å². The summed E-state index contributed by atoms with van der Waals surface area (Å²) in [6.45, 7) is 0.418. The lowest BCUT2D eigenvalue weighted by Crippen LogP contribution is -2.23. The zero-order valence-corrected chi connectivity index (χ0v) is 15.8. The number of hydrogen-bond acceptors (Lipinski definition) is 5. The van der Waals surface area contributed by atoms with Crippen molar-refractivity contribution in [3.05, 3.63) is 59.7 Å². The fourth-order valence-corrected chi connectivity index (χ4v) is 3.09. The van der Waals surface area contributed by atoms with Gasteiger partial charge in [-0.2, -0.15) is 0 Å². The van der Waals surface area contributed by atoms with Gasteiger partial charge in [0, 0.05) is 30.6 Å². The maximum atomic E-state index is 12.2. The summed E-state index contributed by atoms with van der Waals surface area (Å²) in [7, 11) is 1.60. The zero-order valence-electron chi connectivity index (χ0n) is 15.8. The standard InChI is InChI=1S/C22H23NO5/c1-27-19-11-4-16(5-12-19)6-13-22(26)28-15-20(24)17-7-9-18(10-8-17)23-14-2-3-21(23)25/h4-5,7-12H,2-3,6,13-15H2,1H3. The number of aryl methyl sites for hydroxylation is 1. The van der Waals surface area contributed by atoms with Crippen LogP contribution in [0.2, 0.25) is 0 Å². The maximum absolute atomic E-state index is 12.2. The number of ketones is 1. The molecule has 146 valence electrons. The van der Waals surface area contributed by atoms with Gasteiger partial charge in [0.05, 0.1) is 7.11 Å². The van der Waals surface area contributed by atoms with Crippen molar-refractivity contribution in [2.75, 3.05) is 25.2 Å². The van der Waals surface area contributed by atoms with Crippen LogP contribution >= 0.6 is 0 Å². The van der Waals surface area contributed by atoms with Crippen molar-refractivity contribution in [2.45, 2.75) is 25.7 Å². The Morgan fingerprint density at radius 1 is 1.04 bits per heavy atom. The summed E-state index contributed by atoms with van der Waals surface area (Å²) in [5, 5.41) is 0. The molecule has 1 heterocycles. The number of carbonyl (C=O) groups excluding carboxylic acids is 3. The van der Waals surface area contributed by atoms with E-state index in [1.165, 1.54) is 0 Å². The molecule has 6 nitrogen and oxygen atoms in total. The van der Waals surface area contributed by atoms with Crippen molar-refractivity contribution >= 4 is 23.3 Å². The summed E-state index contributed by atoms with van der Waals surface area (Å²) in [5.74, 6) is 0.183. The van der Waals surface area contributed by atoms with Crippen molar-refractivity contribution in [1.82, 2.24) is 0 Å². The Kier molecular flexibility index (Phi) is 6.42. The summed E-state index contributed by atoms with van der Waals surface area (Å²) in [6.07, 6.45) is 2.16. The number of rotatable bonds is 8. The van der Waals surface area contributed by atoms with Gasteiger partial charge < -0.3 is 14.4 Å². The van der Waals surface area contributed by atoms with Gasteiger partial charge in [0.15, 0.2) is 12.4 Å². The number of methoxy groups -OCH3 is 1. The number of esters is 1. The molecule has 1 amide bonds. The monoisotopic (exact) mass is 381 g/mol. The first-order valence-electron chi connectivity index (χ1n) is 9.29. The zero-order chi connectivity index (χ0) is 19.9. The molecule has 0 unspecified atom stereocenters. The minimum absolute atomic E-state index is 0.102. The number of nitrogens with zero attached hydrogens (tertiary/aromatic N) is 1. The molecule has 1 saturated heterocycles. The number of benzene rings is 2. The molecule has 3 rings (SSSR count). The summed E-state index contributed by atoms with van der Waals surface area (Å²) in [6, 6.07) is 14.3. The summed E-state index contributed by atoms with van der Waals surface area (Å²) >= 11 is 0. The van der Waals surface area contributed by atoms with Crippen LogP contribution in [0.4, 0.5) is 5.69 Å². The third kappa shape index (κ3) is 4.97. The largest absolute Gasteiger partial charge is 0.497 e. The molecule has 28 heavy (non-hydrogen) atoms. The van der Waals surface area contributed by atoms with Crippen molar-refractivity contribution in [3.63, 3.8) is 0 Å². The Labute approximate surface area is 164 Å². The second-order valence-electron chi connectivity index (χ2n) is 6.63. The average Bonchev–Trinajstić information content (AvgIpc) is 3.16. The van der Waals surface area contributed by atoms with Gasteiger partial charge in [0.25, 0.3) is 0 Å². The summed E-state index contributed by atoms with van der Waals surface area (Å²) in [4.78, 5) is 37.6. The van der Waals surface area contributed by atoms with Crippen LogP contribution in [-0.2, 0) is 20.7 Å². The number of hydrogen-bond donors (Lipinski definition) is 0. The van der Waals surface area contributed by atoms with Gasteiger partial charge in [0.2, 0.25) is 5.91 Å². The highest BCUT2D eigenvalue weighted by Gasteiger charge is 2.21. The molecule has 2 aromatic carbocycles. The van der Waals surface area contributed by atoms with Gasteiger partial charge in [0.1, 0.15) is 5.75 Å². The van der Waals surface area contributed by atoms with Crippen LogP contribution in [0.1, 0.15) is 35.2 Å². The van der Waals surface area contributed by atoms with E-state index in [9.17, 15) is 14.4 Å². The van der Waals surface area contributed by atoms with Gasteiger partial charge in [-0.25, -0.2) is 0 Å². The van der Waals surface area contributed by atoms with Crippen LogP contribution in [-0.4, -0.2) is 37.9 Å². The van der Waals surface area contributed by atoms with Crippen LogP contribution < -0.4 is 9.64 Å². The highest BCUT2D eigenvalue weighted by atomic mass is 16.5. The van der Waals surface area contributed by atoms with E-state index in [1.54, 1.807) is 36.3 Å². The van der Waals surface area contributed by atoms with Crippen LogP contribution in [0.15, 0.2) is 48.5 Å². The molecule has 0 bridgehead atoms. The molecule has 1 fully saturated rings. The number of carbonyl (C=O) groups is 3. The van der Waals surface area contributed by atoms with Gasteiger partial charge in [-0.05, 0) is 54.8 Å². The molecule has 1 aliphatic rings. The fraction of sp³-hybridized carbons (Fsp3) is 0.318. The lowest BCUT2D eigenvalue weighted by Gasteiger charge is -2.15. The lowest BCUT2D eigenvalue weighted by atomic mass is 10.1. The van der Waals surface area contributed by atoms with E-state index in [-0.39, 0.29) is 24.7 Å². The second-order valence-corrected chi connectivity index (χ2v) is 6.63. The maximum Gasteiger partial charge on any atom is 0.306 e. The Bertz CT molecular complexity index is 842. The van der Waals surface area contributed by atoms with Crippen molar-refractivity contribution < 1.29 is 23.9 Å². The molecule has 0 N–H and O–H groups in total. The molecule has 1 aliphatic heterocycles.